The van der Waals surface area contributed by atoms with Gasteiger partial charge in [0.15, 0.2) is 0 Å². The first-order chi connectivity index (χ1) is 8.17. The van der Waals surface area contributed by atoms with Crippen LogP contribution in [0.3, 0.4) is 0 Å². The molecule has 0 amide bonds. The molecule has 0 aromatic carbocycles. The molecule has 1 unspecified atom stereocenters. The zero-order valence-electron chi connectivity index (χ0n) is 12.5. The minimum atomic E-state index is 0.640. The van der Waals surface area contributed by atoms with E-state index in [1.165, 1.54) is 51.4 Å². The normalized spacial score (nSPS) is 27.4. The highest BCUT2D eigenvalue weighted by Crippen LogP contribution is 2.33. The molecule has 0 aliphatic heterocycles. The second-order valence-electron chi connectivity index (χ2n) is 6.26. The number of rotatable bonds is 7. The Morgan fingerprint density at radius 2 is 1.71 bits per heavy atom. The van der Waals surface area contributed by atoms with Gasteiger partial charge < -0.3 is 5.32 Å². The van der Waals surface area contributed by atoms with Crippen LogP contribution in [-0.4, -0.2) is 12.1 Å². The van der Waals surface area contributed by atoms with Crippen LogP contribution in [0.1, 0.15) is 79.1 Å². The van der Waals surface area contributed by atoms with Crippen molar-refractivity contribution in [1.29, 1.82) is 0 Å². The van der Waals surface area contributed by atoms with Crippen molar-refractivity contribution in [2.24, 2.45) is 11.8 Å². The molecular formula is C16H33N. The van der Waals surface area contributed by atoms with Gasteiger partial charge in [0.05, 0.1) is 0 Å². The SMILES string of the molecule is CCCCC(NC(C)C)C1CCC(CC)CC1. The van der Waals surface area contributed by atoms with E-state index in [0.29, 0.717) is 6.04 Å². The summed E-state index contributed by atoms with van der Waals surface area (Å²) in [5, 5.41) is 3.82. The topological polar surface area (TPSA) is 12.0 Å². The lowest BCUT2D eigenvalue weighted by Gasteiger charge is -2.35. The molecule has 1 aliphatic carbocycles. The lowest BCUT2D eigenvalue weighted by Crippen LogP contribution is -2.41. The lowest BCUT2D eigenvalue weighted by molar-refractivity contribution is 0.202. The predicted molar refractivity (Wildman–Crippen MR) is 77.3 cm³/mol. The molecule has 1 nitrogen and oxygen atoms in total. The van der Waals surface area contributed by atoms with Crippen LogP contribution in [0, 0.1) is 11.8 Å². The van der Waals surface area contributed by atoms with Crippen molar-refractivity contribution in [1.82, 2.24) is 5.32 Å². The molecule has 1 fully saturated rings. The summed E-state index contributed by atoms with van der Waals surface area (Å²) in [4.78, 5) is 0. The molecule has 0 spiro atoms. The Hall–Kier alpha value is -0.0400. The standard InChI is InChI=1S/C16H33N/c1-5-7-8-16(17-13(3)4)15-11-9-14(6-2)10-12-15/h13-17H,5-12H2,1-4H3. The molecule has 0 saturated heterocycles. The molecule has 0 aromatic heterocycles. The van der Waals surface area contributed by atoms with E-state index >= 15 is 0 Å². The molecule has 0 aromatic rings. The molecule has 1 heteroatoms. The van der Waals surface area contributed by atoms with E-state index in [9.17, 15) is 0 Å². The highest BCUT2D eigenvalue weighted by Gasteiger charge is 2.26. The first-order valence-electron chi connectivity index (χ1n) is 7.93. The first kappa shape index (κ1) is 15.0. The van der Waals surface area contributed by atoms with Crippen LogP contribution in [-0.2, 0) is 0 Å². The Labute approximate surface area is 109 Å². The summed E-state index contributed by atoms with van der Waals surface area (Å²) < 4.78 is 0. The predicted octanol–water partition coefficient (Wildman–Crippen LogP) is 4.76. The molecule has 0 bridgehead atoms. The summed E-state index contributed by atoms with van der Waals surface area (Å²) in [7, 11) is 0. The third-order valence-electron chi connectivity index (χ3n) is 4.45. The Morgan fingerprint density at radius 1 is 1.06 bits per heavy atom. The highest BCUT2D eigenvalue weighted by molar-refractivity contribution is 4.82. The number of hydrogen-bond donors (Lipinski definition) is 1. The van der Waals surface area contributed by atoms with Crippen molar-refractivity contribution in [3.63, 3.8) is 0 Å². The molecule has 102 valence electrons. The summed E-state index contributed by atoms with van der Waals surface area (Å²) in [5.41, 5.74) is 0. The van der Waals surface area contributed by atoms with Crippen LogP contribution in [0.2, 0.25) is 0 Å². The first-order valence-corrected chi connectivity index (χ1v) is 7.93. The average Bonchev–Trinajstić information content (AvgIpc) is 2.34. The monoisotopic (exact) mass is 239 g/mol. The van der Waals surface area contributed by atoms with Gasteiger partial charge in [-0.3, -0.25) is 0 Å². The molecule has 0 heterocycles. The number of hydrogen-bond acceptors (Lipinski definition) is 1. The number of nitrogens with one attached hydrogen (secondary N) is 1. The van der Waals surface area contributed by atoms with Crippen LogP contribution in [0.4, 0.5) is 0 Å². The van der Waals surface area contributed by atoms with Crippen LogP contribution >= 0.6 is 0 Å². The van der Waals surface area contributed by atoms with E-state index in [1.54, 1.807) is 0 Å². The quantitative estimate of drug-likeness (QED) is 0.675. The van der Waals surface area contributed by atoms with Gasteiger partial charge in [0, 0.05) is 12.1 Å². The van der Waals surface area contributed by atoms with E-state index in [0.717, 1.165) is 17.9 Å². The maximum absolute atomic E-state index is 3.82. The number of unbranched alkanes of at least 4 members (excludes halogenated alkanes) is 1. The fourth-order valence-corrected chi connectivity index (χ4v) is 3.31. The van der Waals surface area contributed by atoms with Gasteiger partial charge in [-0.05, 0) is 31.1 Å². The van der Waals surface area contributed by atoms with Gasteiger partial charge in [0.2, 0.25) is 0 Å². The van der Waals surface area contributed by atoms with E-state index in [4.69, 9.17) is 0 Å². The van der Waals surface area contributed by atoms with Crippen molar-refractivity contribution in [2.75, 3.05) is 0 Å². The van der Waals surface area contributed by atoms with Gasteiger partial charge in [-0.15, -0.1) is 0 Å². The maximum Gasteiger partial charge on any atom is 0.00976 e. The molecule has 0 radical (unpaired) electrons. The molecule has 1 atom stereocenters. The molecule has 17 heavy (non-hydrogen) atoms. The minimum absolute atomic E-state index is 0.640. The van der Waals surface area contributed by atoms with E-state index in [-0.39, 0.29) is 0 Å². The highest BCUT2D eigenvalue weighted by atomic mass is 14.9. The van der Waals surface area contributed by atoms with Crippen molar-refractivity contribution in [3.05, 3.63) is 0 Å². The lowest BCUT2D eigenvalue weighted by atomic mass is 9.76. The molecule has 1 N–H and O–H groups in total. The van der Waals surface area contributed by atoms with Crippen LogP contribution < -0.4 is 5.32 Å². The van der Waals surface area contributed by atoms with Crippen LogP contribution in [0.5, 0.6) is 0 Å². The smallest absolute Gasteiger partial charge is 0.00976 e. The van der Waals surface area contributed by atoms with E-state index in [2.05, 4.69) is 33.0 Å². The Kier molecular flexibility index (Phi) is 7.18. The zero-order valence-corrected chi connectivity index (χ0v) is 12.5. The minimum Gasteiger partial charge on any atom is -0.312 e. The fourth-order valence-electron chi connectivity index (χ4n) is 3.31. The average molecular weight is 239 g/mol. The maximum atomic E-state index is 3.82. The van der Waals surface area contributed by atoms with Gasteiger partial charge in [0.25, 0.3) is 0 Å². The zero-order chi connectivity index (χ0) is 12.7. The van der Waals surface area contributed by atoms with E-state index < -0.39 is 0 Å². The molecule has 1 aliphatic rings. The second kappa shape index (κ2) is 8.13. The van der Waals surface area contributed by atoms with Gasteiger partial charge >= 0.3 is 0 Å². The molecule has 1 saturated carbocycles. The summed E-state index contributed by atoms with van der Waals surface area (Å²) in [6.07, 6.45) is 11.4. The second-order valence-corrected chi connectivity index (χ2v) is 6.26. The van der Waals surface area contributed by atoms with Gasteiger partial charge in [-0.2, -0.15) is 0 Å². The third-order valence-corrected chi connectivity index (χ3v) is 4.45. The van der Waals surface area contributed by atoms with Gasteiger partial charge in [-0.25, -0.2) is 0 Å². The Bertz CT molecular complexity index is 180. The van der Waals surface area contributed by atoms with Gasteiger partial charge in [-0.1, -0.05) is 59.8 Å². The largest absolute Gasteiger partial charge is 0.312 e. The molecular weight excluding hydrogens is 206 g/mol. The van der Waals surface area contributed by atoms with Crippen molar-refractivity contribution in [2.45, 2.75) is 91.1 Å². The van der Waals surface area contributed by atoms with Crippen LogP contribution in [0.25, 0.3) is 0 Å². The summed E-state index contributed by atoms with van der Waals surface area (Å²) in [6.45, 7) is 9.24. The van der Waals surface area contributed by atoms with Gasteiger partial charge in [0.1, 0.15) is 0 Å². The molecule has 1 rings (SSSR count). The van der Waals surface area contributed by atoms with Crippen molar-refractivity contribution >= 4 is 0 Å². The van der Waals surface area contributed by atoms with E-state index in [1.807, 2.05) is 0 Å². The summed E-state index contributed by atoms with van der Waals surface area (Å²) in [5.74, 6) is 1.98. The Morgan fingerprint density at radius 3 is 2.18 bits per heavy atom. The Balaban J connectivity index is 2.40. The van der Waals surface area contributed by atoms with Crippen LogP contribution in [0.15, 0.2) is 0 Å². The van der Waals surface area contributed by atoms with Crippen molar-refractivity contribution in [3.8, 4) is 0 Å². The summed E-state index contributed by atoms with van der Waals surface area (Å²) >= 11 is 0. The summed E-state index contributed by atoms with van der Waals surface area (Å²) in [6, 6.07) is 1.42. The third kappa shape index (κ3) is 5.42. The fraction of sp³-hybridized carbons (Fsp3) is 1.00. The van der Waals surface area contributed by atoms with Crippen molar-refractivity contribution < 1.29 is 0 Å².